The lowest BCUT2D eigenvalue weighted by Crippen LogP contribution is -2.41. The number of carbonyl (C=O) groups excluding carboxylic acids is 1. The summed E-state index contributed by atoms with van der Waals surface area (Å²) in [5, 5.41) is 12.8. The van der Waals surface area contributed by atoms with E-state index >= 15 is 0 Å². The molecule has 2 aromatic heterocycles. The fourth-order valence-electron chi connectivity index (χ4n) is 7.05. The molecule has 0 radical (unpaired) electrons. The van der Waals surface area contributed by atoms with Crippen molar-refractivity contribution in [3.05, 3.63) is 47.5 Å². The van der Waals surface area contributed by atoms with Crippen LogP contribution < -0.4 is 10.0 Å². The highest BCUT2D eigenvalue weighted by molar-refractivity contribution is 7.90. The number of hydrogen-bond acceptors (Lipinski definition) is 7. The molecule has 0 bridgehead atoms. The number of carbonyl (C=O) groups is 2. The van der Waals surface area contributed by atoms with Gasteiger partial charge in [0.1, 0.15) is 5.82 Å². The molecule has 2 atom stereocenters. The Balaban J connectivity index is 1.28. The van der Waals surface area contributed by atoms with E-state index in [1.807, 2.05) is 39.3 Å². The van der Waals surface area contributed by atoms with Gasteiger partial charge in [-0.2, -0.15) is 12.8 Å². The Kier molecular flexibility index (Phi) is 9.69. The first-order valence-electron chi connectivity index (χ1n) is 16.5. The van der Waals surface area contributed by atoms with E-state index < -0.39 is 44.5 Å². The summed E-state index contributed by atoms with van der Waals surface area (Å²) in [6.07, 6.45) is 8.73. The maximum absolute atomic E-state index is 14.7. The van der Waals surface area contributed by atoms with Gasteiger partial charge in [-0.15, -0.1) is 0 Å². The van der Waals surface area contributed by atoms with Crippen LogP contribution in [0.15, 0.2) is 35.4 Å². The zero-order valence-corrected chi connectivity index (χ0v) is 28.4. The van der Waals surface area contributed by atoms with E-state index in [0.29, 0.717) is 18.1 Å². The molecule has 10 nitrogen and oxygen atoms in total. The molecule has 3 N–H and O–H groups in total. The van der Waals surface area contributed by atoms with Crippen molar-refractivity contribution in [2.24, 2.45) is 23.7 Å². The van der Waals surface area contributed by atoms with E-state index in [9.17, 15) is 27.5 Å². The Hall–Kier alpha value is -3.28. The van der Waals surface area contributed by atoms with Gasteiger partial charge in [-0.1, -0.05) is 26.8 Å². The van der Waals surface area contributed by atoms with E-state index in [0.717, 1.165) is 49.9 Å². The van der Waals surface area contributed by atoms with Crippen LogP contribution in [0.2, 0.25) is 0 Å². The number of nitrogens with zero attached hydrogens (tertiary/aromatic N) is 3. The van der Waals surface area contributed by atoms with Crippen LogP contribution in [0, 0.1) is 29.6 Å². The molecule has 2 aliphatic carbocycles. The summed E-state index contributed by atoms with van der Waals surface area (Å²) >= 11 is 0. The maximum Gasteiger partial charge on any atom is 0.407 e. The number of carboxylic acid groups (broad SMARTS) is 1. The quantitative estimate of drug-likeness (QED) is 0.205. The van der Waals surface area contributed by atoms with Crippen LogP contribution in [-0.4, -0.2) is 58.5 Å². The molecule has 12 heteroatoms. The lowest BCUT2D eigenvalue weighted by Gasteiger charge is -2.28. The normalized spacial score (nSPS) is 20.5. The van der Waals surface area contributed by atoms with Gasteiger partial charge >= 0.3 is 6.09 Å². The summed E-state index contributed by atoms with van der Waals surface area (Å²) in [5.41, 5.74) is -0.885. The van der Waals surface area contributed by atoms with Crippen molar-refractivity contribution < 1.29 is 27.5 Å². The number of halogens is 1. The summed E-state index contributed by atoms with van der Waals surface area (Å²) in [5.74, 6) is 0.792. The molecule has 2 saturated carbocycles. The first kappa shape index (κ1) is 34.1. The number of likely N-dealkylation sites (tertiary alicyclic amines) is 1. The topological polar surface area (TPSA) is 142 Å². The van der Waals surface area contributed by atoms with Gasteiger partial charge < -0.3 is 15.3 Å². The highest BCUT2D eigenvalue weighted by Gasteiger charge is 2.42. The van der Waals surface area contributed by atoms with Crippen LogP contribution in [0.5, 0.6) is 0 Å². The number of nitrogens with one attached hydrogen (secondary N) is 2. The number of pyridine rings is 2. The fourth-order valence-corrected chi connectivity index (χ4v) is 7.98. The molecule has 252 valence electrons. The number of anilines is 1. The van der Waals surface area contributed by atoms with Crippen molar-refractivity contribution in [1.29, 1.82) is 0 Å². The van der Waals surface area contributed by atoms with Gasteiger partial charge in [-0.05, 0) is 120 Å². The second-order valence-electron chi connectivity index (χ2n) is 15.2. The third kappa shape index (κ3) is 8.35. The lowest BCUT2D eigenvalue weighted by atomic mass is 9.87. The van der Waals surface area contributed by atoms with Gasteiger partial charge in [0.15, 0.2) is 5.03 Å². The van der Waals surface area contributed by atoms with Gasteiger partial charge in [0.05, 0.1) is 5.56 Å². The standard InChI is InChI=1S/C34H48FN5O5S/c1-33(2,3)27-18-17-26(30(35)37-27)31(41)39-46(44,45)29-8-6-7-28(38-29)36-24(15-16-25(22-10-11-22)23-12-13-23)14-9-21-19-34(4,5)40(20-21)32(42)43/h6-8,17-18,21-25H,9-16,19-20H2,1-5H3,(H,36,38)(H,39,41)(H,42,43)/t21-,24?/m0/s1. The van der Waals surface area contributed by atoms with E-state index in [2.05, 4.69) is 15.3 Å². The van der Waals surface area contributed by atoms with Crippen LogP contribution >= 0.6 is 0 Å². The molecule has 3 fully saturated rings. The molecular formula is C34H48FN5O5S. The van der Waals surface area contributed by atoms with Crippen LogP contribution in [0.3, 0.4) is 0 Å². The first-order chi connectivity index (χ1) is 21.5. The predicted octanol–water partition coefficient (Wildman–Crippen LogP) is 6.59. The molecule has 2 amide bonds. The molecule has 3 aliphatic rings. The number of rotatable bonds is 13. The van der Waals surface area contributed by atoms with E-state index in [-0.39, 0.29) is 17.0 Å². The van der Waals surface area contributed by atoms with Crippen molar-refractivity contribution in [1.82, 2.24) is 19.6 Å². The van der Waals surface area contributed by atoms with Gasteiger partial charge in [0, 0.05) is 29.2 Å². The predicted molar refractivity (Wildman–Crippen MR) is 174 cm³/mol. The fraction of sp³-hybridized carbons (Fsp3) is 0.647. The summed E-state index contributed by atoms with van der Waals surface area (Å²) in [6.45, 7) is 10.0. The number of sulfonamides is 1. The third-order valence-electron chi connectivity index (χ3n) is 9.86. The number of aromatic nitrogens is 2. The molecule has 3 heterocycles. The average molecular weight is 658 g/mol. The lowest BCUT2D eigenvalue weighted by molar-refractivity contribution is 0.0975. The Morgan fingerprint density at radius 3 is 2.28 bits per heavy atom. The molecule has 1 aliphatic heterocycles. The van der Waals surface area contributed by atoms with Crippen molar-refractivity contribution in [2.45, 2.75) is 114 Å². The summed E-state index contributed by atoms with van der Waals surface area (Å²) in [6, 6.07) is 7.32. The zero-order chi connectivity index (χ0) is 33.4. The average Bonchev–Trinajstić information content (AvgIpc) is 3.89. The number of hydrogen-bond donors (Lipinski definition) is 3. The minimum atomic E-state index is -4.41. The van der Waals surface area contributed by atoms with E-state index in [1.54, 1.807) is 12.1 Å². The largest absolute Gasteiger partial charge is 0.465 e. The van der Waals surface area contributed by atoms with Crippen molar-refractivity contribution in [2.75, 3.05) is 11.9 Å². The van der Waals surface area contributed by atoms with E-state index in [4.69, 9.17) is 0 Å². The zero-order valence-electron chi connectivity index (χ0n) is 27.6. The maximum atomic E-state index is 14.7. The highest BCUT2D eigenvalue weighted by atomic mass is 32.2. The Labute approximate surface area is 272 Å². The van der Waals surface area contributed by atoms with Crippen LogP contribution in [0.1, 0.15) is 108 Å². The summed E-state index contributed by atoms with van der Waals surface area (Å²) in [7, 11) is -4.41. The summed E-state index contributed by atoms with van der Waals surface area (Å²) < 4.78 is 43.1. The van der Waals surface area contributed by atoms with E-state index in [1.165, 1.54) is 48.8 Å². The minimum Gasteiger partial charge on any atom is -0.465 e. The Bertz CT molecular complexity index is 1540. The van der Waals surface area contributed by atoms with Crippen LogP contribution in [0.25, 0.3) is 0 Å². The van der Waals surface area contributed by atoms with Crippen LogP contribution in [-0.2, 0) is 15.4 Å². The molecule has 0 aromatic carbocycles. The summed E-state index contributed by atoms with van der Waals surface area (Å²) in [4.78, 5) is 34.4. The van der Waals surface area contributed by atoms with Crippen molar-refractivity contribution in [3.63, 3.8) is 0 Å². The first-order valence-corrected chi connectivity index (χ1v) is 18.0. The molecular weight excluding hydrogens is 609 g/mol. The Morgan fingerprint density at radius 2 is 1.72 bits per heavy atom. The minimum absolute atomic E-state index is 0.0172. The third-order valence-corrected chi connectivity index (χ3v) is 11.1. The van der Waals surface area contributed by atoms with Gasteiger partial charge in [0.2, 0.25) is 5.95 Å². The van der Waals surface area contributed by atoms with Crippen molar-refractivity contribution >= 4 is 27.8 Å². The van der Waals surface area contributed by atoms with Gasteiger partial charge in [-0.3, -0.25) is 4.79 Å². The second-order valence-corrected chi connectivity index (χ2v) is 16.8. The molecule has 1 unspecified atom stereocenters. The molecule has 0 spiro atoms. The second kappa shape index (κ2) is 13.1. The highest BCUT2D eigenvalue weighted by Crippen LogP contribution is 2.51. The monoisotopic (exact) mass is 657 g/mol. The van der Waals surface area contributed by atoms with Crippen LogP contribution in [0.4, 0.5) is 15.0 Å². The molecule has 1 saturated heterocycles. The molecule has 46 heavy (non-hydrogen) atoms. The smallest absolute Gasteiger partial charge is 0.407 e. The SMILES string of the molecule is CC(C)(C)c1ccc(C(=O)NS(=O)(=O)c2cccc(NC(CCC(C3CC3)C3CC3)CC[C@@H]3CN(C(=O)O)C(C)(C)C3)n2)c(F)n1. The molecule has 5 rings (SSSR count). The Morgan fingerprint density at radius 1 is 1.04 bits per heavy atom. The van der Waals surface area contributed by atoms with Crippen molar-refractivity contribution in [3.8, 4) is 0 Å². The van der Waals surface area contributed by atoms with Gasteiger partial charge in [0.25, 0.3) is 15.9 Å². The number of amides is 2. The molecule has 2 aromatic rings. The van der Waals surface area contributed by atoms with Gasteiger partial charge in [-0.25, -0.2) is 19.5 Å².